The van der Waals surface area contributed by atoms with E-state index >= 15 is 0 Å². The number of alkyl carbamates (subject to hydrolysis) is 1. The number of nitrogens with zero attached hydrogens (tertiary/aromatic N) is 2. The van der Waals surface area contributed by atoms with Crippen molar-refractivity contribution in [3.63, 3.8) is 0 Å². The number of rotatable bonds is 2. The van der Waals surface area contributed by atoms with Gasteiger partial charge in [-0.15, -0.1) is 0 Å². The van der Waals surface area contributed by atoms with Crippen molar-refractivity contribution in [1.29, 1.82) is 5.26 Å². The maximum atomic E-state index is 11.5. The zero-order chi connectivity index (χ0) is 12.2. The summed E-state index contributed by atoms with van der Waals surface area (Å²) in [5.74, 6) is 0. The van der Waals surface area contributed by atoms with Gasteiger partial charge in [0.15, 0.2) is 0 Å². The number of carbonyl (C=O) groups is 1. The quantitative estimate of drug-likeness (QED) is 0.715. The second kappa shape index (κ2) is 5.17. The van der Waals surface area contributed by atoms with Crippen molar-refractivity contribution in [2.24, 2.45) is 0 Å². The molecule has 0 bridgehead atoms. The number of amides is 1. The highest BCUT2D eigenvalue weighted by Gasteiger charge is 2.25. The third-order valence-electron chi connectivity index (χ3n) is 2.29. The molecule has 1 saturated heterocycles. The Morgan fingerprint density at radius 1 is 1.62 bits per heavy atom. The molecule has 1 fully saturated rings. The van der Waals surface area contributed by atoms with Gasteiger partial charge >= 0.3 is 6.09 Å². The summed E-state index contributed by atoms with van der Waals surface area (Å²) in [6.07, 6.45) is 0.497. The summed E-state index contributed by atoms with van der Waals surface area (Å²) >= 11 is 0. The molecule has 0 radical (unpaired) electrons. The number of hydrogen-bond acceptors (Lipinski definition) is 4. The van der Waals surface area contributed by atoms with E-state index in [0.29, 0.717) is 6.54 Å². The largest absolute Gasteiger partial charge is 0.444 e. The fourth-order valence-electron chi connectivity index (χ4n) is 1.67. The molecule has 1 heterocycles. The molecule has 0 aromatic heterocycles. The SMILES string of the molecule is CC(C)(C)OC(=O)NC1CCN(CC#N)C1. The van der Waals surface area contributed by atoms with Crippen molar-refractivity contribution in [1.82, 2.24) is 10.2 Å². The third kappa shape index (κ3) is 4.49. The molecule has 0 saturated carbocycles. The molecule has 1 aliphatic rings. The third-order valence-corrected chi connectivity index (χ3v) is 2.29. The first-order chi connectivity index (χ1) is 7.40. The molecule has 0 aliphatic carbocycles. The van der Waals surface area contributed by atoms with Crippen molar-refractivity contribution in [2.75, 3.05) is 19.6 Å². The molecule has 1 unspecified atom stereocenters. The van der Waals surface area contributed by atoms with Crippen LogP contribution in [0.2, 0.25) is 0 Å². The Balaban J connectivity index is 2.29. The van der Waals surface area contributed by atoms with Crippen LogP contribution in [0.15, 0.2) is 0 Å². The summed E-state index contributed by atoms with van der Waals surface area (Å²) in [5, 5.41) is 11.4. The second-order valence-electron chi connectivity index (χ2n) is 5.03. The standard InChI is InChI=1S/C11H19N3O2/c1-11(2,3)16-10(15)13-9-4-6-14(8-9)7-5-12/h9H,4,6-8H2,1-3H3,(H,13,15). The average Bonchev–Trinajstić information content (AvgIpc) is 2.49. The maximum absolute atomic E-state index is 11.5. The van der Waals surface area contributed by atoms with Crippen LogP contribution in [-0.2, 0) is 4.74 Å². The van der Waals surface area contributed by atoms with Gasteiger partial charge in [0.05, 0.1) is 12.6 Å². The van der Waals surface area contributed by atoms with Gasteiger partial charge in [0.1, 0.15) is 5.60 Å². The van der Waals surface area contributed by atoms with Gasteiger partial charge in [-0.05, 0) is 27.2 Å². The minimum absolute atomic E-state index is 0.100. The van der Waals surface area contributed by atoms with Gasteiger partial charge in [0.2, 0.25) is 0 Å². The molecule has 90 valence electrons. The van der Waals surface area contributed by atoms with Gasteiger partial charge in [0, 0.05) is 19.1 Å². The van der Waals surface area contributed by atoms with E-state index in [1.165, 1.54) is 0 Å². The summed E-state index contributed by atoms with van der Waals surface area (Å²) in [6, 6.07) is 2.20. The lowest BCUT2D eigenvalue weighted by Crippen LogP contribution is -2.40. The van der Waals surface area contributed by atoms with Gasteiger partial charge < -0.3 is 10.1 Å². The summed E-state index contributed by atoms with van der Waals surface area (Å²) in [6.45, 7) is 7.52. The van der Waals surface area contributed by atoms with Crippen LogP contribution in [0.3, 0.4) is 0 Å². The molecule has 1 rings (SSSR count). The van der Waals surface area contributed by atoms with Crippen molar-refractivity contribution in [2.45, 2.75) is 38.8 Å². The normalized spacial score (nSPS) is 21.5. The summed E-state index contributed by atoms with van der Waals surface area (Å²) in [5.41, 5.74) is -0.463. The van der Waals surface area contributed by atoms with Gasteiger partial charge in [-0.3, -0.25) is 4.90 Å². The fourth-order valence-corrected chi connectivity index (χ4v) is 1.67. The van der Waals surface area contributed by atoms with Gasteiger partial charge in [-0.25, -0.2) is 4.79 Å². The van der Waals surface area contributed by atoms with Crippen LogP contribution >= 0.6 is 0 Å². The molecule has 0 spiro atoms. The van der Waals surface area contributed by atoms with Crippen molar-refractivity contribution in [3.8, 4) is 6.07 Å². The molecule has 1 atom stereocenters. The number of likely N-dealkylation sites (tertiary alicyclic amines) is 1. The Kier molecular flexibility index (Phi) is 4.13. The summed E-state index contributed by atoms with van der Waals surface area (Å²) in [7, 11) is 0. The second-order valence-corrected chi connectivity index (χ2v) is 5.03. The van der Waals surface area contributed by atoms with E-state index in [1.54, 1.807) is 0 Å². The molecule has 1 N–H and O–H groups in total. The fraction of sp³-hybridized carbons (Fsp3) is 0.818. The lowest BCUT2D eigenvalue weighted by Gasteiger charge is -2.21. The minimum Gasteiger partial charge on any atom is -0.444 e. The Bertz CT molecular complexity index is 291. The number of ether oxygens (including phenoxy) is 1. The van der Waals surface area contributed by atoms with Crippen LogP contribution in [-0.4, -0.2) is 42.3 Å². The highest BCUT2D eigenvalue weighted by atomic mass is 16.6. The molecule has 1 amide bonds. The van der Waals surface area contributed by atoms with Crippen molar-refractivity contribution >= 4 is 6.09 Å². The van der Waals surface area contributed by atoms with Gasteiger partial charge in [-0.1, -0.05) is 0 Å². The predicted molar refractivity (Wildman–Crippen MR) is 59.8 cm³/mol. The van der Waals surface area contributed by atoms with E-state index in [4.69, 9.17) is 10.00 Å². The van der Waals surface area contributed by atoms with Crippen LogP contribution < -0.4 is 5.32 Å². The number of nitrogens with one attached hydrogen (secondary N) is 1. The maximum Gasteiger partial charge on any atom is 0.407 e. The van der Waals surface area contributed by atoms with Crippen LogP contribution in [0.25, 0.3) is 0 Å². The Morgan fingerprint density at radius 2 is 2.31 bits per heavy atom. The van der Waals surface area contributed by atoms with Crippen LogP contribution in [0.5, 0.6) is 0 Å². The summed E-state index contributed by atoms with van der Waals surface area (Å²) < 4.78 is 5.16. The van der Waals surface area contributed by atoms with E-state index in [9.17, 15) is 4.79 Å². The zero-order valence-corrected chi connectivity index (χ0v) is 10.1. The zero-order valence-electron chi connectivity index (χ0n) is 10.1. The number of hydrogen-bond donors (Lipinski definition) is 1. The molecule has 0 aromatic carbocycles. The first-order valence-electron chi connectivity index (χ1n) is 5.49. The lowest BCUT2D eigenvalue weighted by atomic mass is 10.2. The molecular formula is C11H19N3O2. The van der Waals surface area contributed by atoms with Gasteiger partial charge in [0.25, 0.3) is 0 Å². The predicted octanol–water partition coefficient (Wildman–Crippen LogP) is 1.11. The van der Waals surface area contributed by atoms with Crippen molar-refractivity contribution < 1.29 is 9.53 Å². The lowest BCUT2D eigenvalue weighted by molar-refractivity contribution is 0.0506. The molecule has 16 heavy (non-hydrogen) atoms. The Morgan fingerprint density at radius 3 is 2.88 bits per heavy atom. The highest BCUT2D eigenvalue weighted by Crippen LogP contribution is 2.11. The highest BCUT2D eigenvalue weighted by molar-refractivity contribution is 5.68. The number of carbonyl (C=O) groups excluding carboxylic acids is 1. The van der Waals surface area contributed by atoms with E-state index in [-0.39, 0.29) is 12.1 Å². The van der Waals surface area contributed by atoms with Gasteiger partial charge in [-0.2, -0.15) is 5.26 Å². The van der Waals surface area contributed by atoms with Crippen LogP contribution in [0, 0.1) is 11.3 Å². The topological polar surface area (TPSA) is 65.4 Å². The monoisotopic (exact) mass is 225 g/mol. The smallest absolute Gasteiger partial charge is 0.407 e. The van der Waals surface area contributed by atoms with E-state index < -0.39 is 5.60 Å². The first kappa shape index (κ1) is 12.8. The molecule has 5 heteroatoms. The molecule has 0 aromatic rings. The Hall–Kier alpha value is -1.28. The van der Waals surface area contributed by atoms with E-state index in [1.807, 2.05) is 25.7 Å². The summed E-state index contributed by atoms with van der Waals surface area (Å²) in [4.78, 5) is 13.5. The van der Waals surface area contributed by atoms with E-state index in [0.717, 1.165) is 19.5 Å². The average molecular weight is 225 g/mol. The molecule has 1 aliphatic heterocycles. The number of nitriles is 1. The molecular weight excluding hydrogens is 206 g/mol. The Labute approximate surface area is 96.4 Å². The van der Waals surface area contributed by atoms with Crippen molar-refractivity contribution in [3.05, 3.63) is 0 Å². The van der Waals surface area contributed by atoms with E-state index in [2.05, 4.69) is 11.4 Å². The first-order valence-corrected chi connectivity index (χ1v) is 5.49. The van der Waals surface area contributed by atoms with Crippen LogP contribution in [0.4, 0.5) is 4.79 Å². The molecule has 5 nitrogen and oxygen atoms in total. The van der Waals surface area contributed by atoms with Crippen LogP contribution in [0.1, 0.15) is 27.2 Å². The minimum atomic E-state index is -0.463.